The Balaban J connectivity index is 0.000000193. The van der Waals surface area contributed by atoms with Gasteiger partial charge in [0, 0.05) is 51.2 Å². The summed E-state index contributed by atoms with van der Waals surface area (Å²) < 4.78 is 17.2. The summed E-state index contributed by atoms with van der Waals surface area (Å²) in [6, 6.07) is 21.5. The molecule has 2 heterocycles. The van der Waals surface area contributed by atoms with Crippen molar-refractivity contribution in [2.45, 2.75) is 134 Å². The molecule has 2 unspecified atom stereocenters. The van der Waals surface area contributed by atoms with Crippen molar-refractivity contribution < 1.29 is 38.8 Å². The fourth-order valence-corrected chi connectivity index (χ4v) is 11.5. The number of amides is 1. The molecule has 1 amide bonds. The van der Waals surface area contributed by atoms with Gasteiger partial charge in [0.05, 0.1) is 24.0 Å². The van der Waals surface area contributed by atoms with E-state index < -0.39 is 28.4 Å². The van der Waals surface area contributed by atoms with Crippen LogP contribution in [0.4, 0.5) is 4.79 Å². The van der Waals surface area contributed by atoms with Crippen LogP contribution in [0.5, 0.6) is 0 Å². The van der Waals surface area contributed by atoms with Gasteiger partial charge in [0.1, 0.15) is 5.60 Å². The highest BCUT2D eigenvalue weighted by Crippen LogP contribution is 2.53. The van der Waals surface area contributed by atoms with Crippen molar-refractivity contribution in [1.29, 1.82) is 0 Å². The summed E-state index contributed by atoms with van der Waals surface area (Å²) in [4.78, 5) is 43.6. The minimum Gasteiger partial charge on any atom is -0.481 e. The lowest BCUT2D eigenvalue weighted by Gasteiger charge is -2.47. The number of hydrogen-bond donors (Lipinski definition) is 2. The van der Waals surface area contributed by atoms with Crippen LogP contribution in [0.3, 0.4) is 0 Å². The standard InChI is InChI=1S/C28H42N2O5.C24H35NO3/c1-26(2,3)35-25(33)30(23-17-22(23)21-9-6-5-7-10-21)18-27(20-34-4)13-15-29(16-14-27)19-28(24(31)32)11-8-12-28;1-28-18-23(11-8-20-16-21(20)19-6-3-2-4-7-19)12-14-25(15-13-23)17-24(22(26)27)9-5-10-24/h5-7,9-10,22-23H,8,11-20H2,1-4H3,(H,31,32);2-4,6-7,20-21H,5,8-18H2,1H3,(H,26,27)/t22?,23-;20-,21?/m11/s1. The Hall–Kier alpha value is -3.51. The maximum Gasteiger partial charge on any atom is 0.410 e. The van der Waals surface area contributed by atoms with Gasteiger partial charge in [-0.25, -0.2) is 4.79 Å². The first-order valence-electron chi connectivity index (χ1n) is 24.1. The topological polar surface area (TPSA) is 129 Å². The van der Waals surface area contributed by atoms with Gasteiger partial charge in [0.15, 0.2) is 0 Å². The second-order valence-electron chi connectivity index (χ2n) is 21.8. The molecule has 11 heteroatoms. The van der Waals surface area contributed by atoms with E-state index in [9.17, 15) is 24.6 Å². The molecule has 0 bridgehead atoms. The second-order valence-corrected chi connectivity index (χ2v) is 21.8. The highest BCUT2D eigenvalue weighted by molar-refractivity contribution is 5.76. The average Bonchev–Trinajstić information content (AvgIpc) is 4.17. The van der Waals surface area contributed by atoms with E-state index in [4.69, 9.17) is 14.2 Å². The first kappa shape index (κ1) is 47.5. The van der Waals surface area contributed by atoms with Gasteiger partial charge < -0.3 is 39.1 Å². The van der Waals surface area contributed by atoms with E-state index >= 15 is 0 Å². The first-order chi connectivity index (χ1) is 30.1. The molecular weight excluding hydrogens is 795 g/mol. The summed E-state index contributed by atoms with van der Waals surface area (Å²) in [6.07, 6.45) is 13.9. The molecule has 2 aromatic carbocycles. The number of carboxylic acids is 2. The third kappa shape index (κ3) is 11.7. The van der Waals surface area contributed by atoms with Gasteiger partial charge in [-0.3, -0.25) is 9.59 Å². The summed E-state index contributed by atoms with van der Waals surface area (Å²) in [5.74, 6) is 0.675. The van der Waals surface area contributed by atoms with Crippen LogP contribution in [0.1, 0.15) is 134 Å². The van der Waals surface area contributed by atoms with Crippen molar-refractivity contribution in [2.75, 3.05) is 73.2 Å². The lowest BCUT2D eigenvalue weighted by Crippen LogP contribution is -2.54. The van der Waals surface area contributed by atoms with Crippen LogP contribution in [-0.2, 0) is 23.8 Å². The Morgan fingerprint density at radius 3 is 1.56 bits per heavy atom. The van der Waals surface area contributed by atoms with E-state index in [0.29, 0.717) is 25.6 Å². The van der Waals surface area contributed by atoms with Crippen LogP contribution in [0.15, 0.2) is 60.7 Å². The number of piperidine rings is 2. The minimum atomic E-state index is -0.658. The van der Waals surface area contributed by atoms with E-state index in [2.05, 4.69) is 64.4 Å². The van der Waals surface area contributed by atoms with Crippen LogP contribution >= 0.6 is 0 Å². The van der Waals surface area contributed by atoms with E-state index in [1.54, 1.807) is 7.11 Å². The quantitative estimate of drug-likeness (QED) is 0.150. The van der Waals surface area contributed by atoms with Crippen molar-refractivity contribution >= 4 is 18.0 Å². The van der Waals surface area contributed by atoms with E-state index in [1.807, 2.05) is 38.8 Å². The zero-order chi connectivity index (χ0) is 44.9. The van der Waals surface area contributed by atoms with Crippen molar-refractivity contribution in [3.63, 3.8) is 0 Å². The summed E-state index contributed by atoms with van der Waals surface area (Å²) in [5.41, 5.74) is 1.30. The molecule has 4 aliphatic carbocycles. The monoisotopic (exact) mass is 872 g/mol. The van der Waals surface area contributed by atoms with E-state index in [0.717, 1.165) is 122 Å². The van der Waals surface area contributed by atoms with Gasteiger partial charge in [0.25, 0.3) is 0 Å². The number of ether oxygens (including phenoxy) is 3. The summed E-state index contributed by atoms with van der Waals surface area (Å²) in [5, 5.41) is 19.4. The molecule has 0 radical (unpaired) electrons. The summed E-state index contributed by atoms with van der Waals surface area (Å²) in [6.45, 7) is 12.8. The molecule has 2 N–H and O–H groups in total. The minimum absolute atomic E-state index is 0.129. The predicted molar refractivity (Wildman–Crippen MR) is 245 cm³/mol. The van der Waals surface area contributed by atoms with Crippen molar-refractivity contribution in [3.8, 4) is 0 Å². The van der Waals surface area contributed by atoms with Crippen LogP contribution in [0.25, 0.3) is 0 Å². The highest BCUT2D eigenvalue weighted by atomic mass is 16.6. The van der Waals surface area contributed by atoms with Crippen LogP contribution in [0, 0.1) is 27.6 Å². The molecule has 8 rings (SSSR count). The predicted octanol–water partition coefficient (Wildman–Crippen LogP) is 9.32. The molecule has 6 aliphatic rings. The number of aliphatic carboxylic acids is 2. The number of likely N-dealkylation sites (tertiary alicyclic amines) is 2. The number of benzene rings is 2. The van der Waals surface area contributed by atoms with Gasteiger partial charge in [-0.05, 0) is 152 Å². The van der Waals surface area contributed by atoms with Gasteiger partial charge in [0.2, 0.25) is 0 Å². The smallest absolute Gasteiger partial charge is 0.410 e. The second kappa shape index (κ2) is 19.9. The van der Waals surface area contributed by atoms with Gasteiger partial charge >= 0.3 is 18.0 Å². The fraction of sp³-hybridized carbons (Fsp3) is 0.712. The van der Waals surface area contributed by atoms with E-state index in [-0.39, 0.29) is 23.0 Å². The molecule has 4 atom stereocenters. The average molecular weight is 872 g/mol. The number of carboxylic acid groups (broad SMARTS) is 2. The lowest BCUT2D eigenvalue weighted by molar-refractivity contribution is -0.157. The molecule has 63 heavy (non-hydrogen) atoms. The third-order valence-electron chi connectivity index (χ3n) is 16.0. The van der Waals surface area contributed by atoms with Crippen molar-refractivity contribution in [2.24, 2.45) is 27.6 Å². The van der Waals surface area contributed by atoms with Gasteiger partial charge in [-0.2, -0.15) is 0 Å². The normalized spacial score (nSPS) is 26.7. The number of carbonyl (C=O) groups is 3. The number of methoxy groups -OCH3 is 2. The van der Waals surface area contributed by atoms with Gasteiger partial charge in [-0.15, -0.1) is 0 Å². The Morgan fingerprint density at radius 2 is 1.13 bits per heavy atom. The number of rotatable bonds is 18. The first-order valence-corrected chi connectivity index (χ1v) is 24.1. The molecule has 11 nitrogen and oxygen atoms in total. The maximum atomic E-state index is 13.4. The Labute approximate surface area is 377 Å². The third-order valence-corrected chi connectivity index (χ3v) is 16.0. The summed E-state index contributed by atoms with van der Waals surface area (Å²) >= 11 is 0. The molecule has 0 spiro atoms. The zero-order valence-corrected chi connectivity index (χ0v) is 39.0. The molecule has 0 aromatic heterocycles. The van der Waals surface area contributed by atoms with E-state index in [1.165, 1.54) is 30.4 Å². The molecular formula is C52H77N3O8. The summed E-state index contributed by atoms with van der Waals surface area (Å²) in [7, 11) is 3.55. The largest absolute Gasteiger partial charge is 0.481 e. The Kier molecular flexibility index (Phi) is 15.0. The number of carbonyl (C=O) groups excluding carboxylic acids is 1. The van der Waals surface area contributed by atoms with Crippen LogP contribution in [0.2, 0.25) is 0 Å². The number of nitrogens with zero attached hydrogens (tertiary/aromatic N) is 3. The Morgan fingerprint density at radius 1 is 0.667 bits per heavy atom. The fourth-order valence-electron chi connectivity index (χ4n) is 11.5. The molecule has 2 saturated heterocycles. The van der Waals surface area contributed by atoms with Crippen molar-refractivity contribution in [3.05, 3.63) is 71.8 Å². The van der Waals surface area contributed by atoms with Gasteiger partial charge in [-0.1, -0.05) is 73.5 Å². The van der Waals surface area contributed by atoms with Crippen molar-refractivity contribution in [1.82, 2.24) is 14.7 Å². The Bertz CT molecular complexity index is 1810. The maximum absolute atomic E-state index is 13.4. The molecule has 4 saturated carbocycles. The van der Waals surface area contributed by atoms with Crippen LogP contribution < -0.4 is 0 Å². The molecule has 2 aromatic rings. The lowest BCUT2D eigenvalue weighted by atomic mass is 9.67. The zero-order valence-electron chi connectivity index (χ0n) is 39.0. The molecule has 348 valence electrons. The highest BCUT2D eigenvalue weighted by Gasteiger charge is 2.51. The SMILES string of the molecule is COCC1(CC[C@@H]2CC2c2ccccc2)CCN(CC2(C(=O)O)CCC2)CC1.COCC1(CN(C(=O)OC(C)(C)C)[C@@H]2CC2c2ccccc2)CCN(CC2(C(=O)O)CCC2)CC1. The molecule has 2 aliphatic heterocycles. The number of hydrogen-bond acceptors (Lipinski definition) is 8. The molecule has 6 fully saturated rings. The van der Waals surface area contributed by atoms with Crippen LogP contribution in [-0.4, -0.2) is 128 Å².